The van der Waals surface area contributed by atoms with Crippen molar-refractivity contribution < 1.29 is 19.7 Å². The maximum Gasteiger partial charge on any atom is 0.275 e. The smallest absolute Gasteiger partial charge is 0.275 e. The zero-order valence-electron chi connectivity index (χ0n) is 13.7. The van der Waals surface area contributed by atoms with E-state index in [1.165, 1.54) is 19.5 Å². The lowest BCUT2D eigenvalue weighted by molar-refractivity contribution is -0.0450. The number of hydrogen-bond acceptors (Lipinski definition) is 8. The van der Waals surface area contributed by atoms with Crippen LogP contribution in [0.25, 0.3) is 10.8 Å². The summed E-state index contributed by atoms with van der Waals surface area (Å²) in [6.45, 7) is 1.58. The van der Waals surface area contributed by atoms with Crippen LogP contribution in [0.1, 0.15) is 13.2 Å². The van der Waals surface area contributed by atoms with Gasteiger partial charge in [0, 0.05) is 23.6 Å². The van der Waals surface area contributed by atoms with Gasteiger partial charge >= 0.3 is 0 Å². The van der Waals surface area contributed by atoms with Crippen molar-refractivity contribution in [3.05, 3.63) is 22.6 Å². The van der Waals surface area contributed by atoms with Gasteiger partial charge in [-0.15, -0.1) is 0 Å². The maximum atomic E-state index is 11.9. The second-order valence-electron chi connectivity index (χ2n) is 6.16. The van der Waals surface area contributed by atoms with Gasteiger partial charge in [0.15, 0.2) is 0 Å². The van der Waals surface area contributed by atoms with Crippen molar-refractivity contribution in [2.24, 2.45) is 10.9 Å². The monoisotopic (exact) mass is 346 g/mol. The zero-order valence-corrected chi connectivity index (χ0v) is 13.7. The topological polar surface area (TPSA) is 118 Å². The fourth-order valence-corrected chi connectivity index (χ4v) is 3.44. The Morgan fingerprint density at radius 2 is 2.28 bits per heavy atom. The quantitative estimate of drug-likeness (QED) is 0.735. The van der Waals surface area contributed by atoms with Crippen molar-refractivity contribution in [2.75, 3.05) is 19.0 Å². The molecule has 2 aromatic heterocycles. The van der Waals surface area contributed by atoms with E-state index in [1.807, 2.05) is 6.92 Å². The molecule has 132 valence electrons. The minimum Gasteiger partial charge on any atom is -0.496 e. The third kappa shape index (κ3) is 2.31. The minimum absolute atomic E-state index is 0.258. The number of aliphatic hydroxyl groups is 2. The second-order valence-corrected chi connectivity index (χ2v) is 6.16. The highest BCUT2D eigenvalue weighted by Crippen LogP contribution is 2.44. The second kappa shape index (κ2) is 5.80. The Hall–Kier alpha value is -2.49. The Kier molecular flexibility index (Phi) is 3.71. The number of anilines is 1. The number of aromatic nitrogens is 2. The van der Waals surface area contributed by atoms with Gasteiger partial charge in [-0.1, -0.05) is 6.92 Å². The van der Waals surface area contributed by atoms with Gasteiger partial charge in [-0.05, 0) is 0 Å². The van der Waals surface area contributed by atoms with E-state index < -0.39 is 24.0 Å². The predicted octanol–water partition coefficient (Wildman–Crippen LogP) is 0.377. The molecule has 9 nitrogen and oxygen atoms in total. The van der Waals surface area contributed by atoms with Gasteiger partial charge in [0.1, 0.15) is 29.7 Å². The first-order chi connectivity index (χ1) is 12.0. The molecule has 9 heteroatoms. The number of ether oxygens (including phenoxy) is 2. The Labute approximate surface area is 142 Å². The molecule has 0 bridgehead atoms. The van der Waals surface area contributed by atoms with Crippen LogP contribution in [0.3, 0.4) is 0 Å². The molecule has 0 radical (unpaired) electrons. The van der Waals surface area contributed by atoms with E-state index >= 15 is 0 Å². The number of rotatable bonds is 3. The molecular formula is C16H18N4O5. The summed E-state index contributed by atoms with van der Waals surface area (Å²) < 4.78 is 13.0. The van der Waals surface area contributed by atoms with Crippen LogP contribution < -0.4 is 15.6 Å². The van der Waals surface area contributed by atoms with Crippen LogP contribution in [-0.2, 0) is 4.74 Å². The van der Waals surface area contributed by atoms with E-state index in [2.05, 4.69) is 15.3 Å². The molecule has 0 aromatic carbocycles. The molecule has 0 saturated carbocycles. The number of nitrogens with zero attached hydrogens (tertiary/aromatic N) is 3. The highest BCUT2D eigenvalue weighted by molar-refractivity contribution is 6.08. The van der Waals surface area contributed by atoms with Crippen LogP contribution in [-0.4, -0.2) is 52.0 Å². The van der Waals surface area contributed by atoms with E-state index in [0.29, 0.717) is 28.2 Å². The summed E-state index contributed by atoms with van der Waals surface area (Å²) in [5.41, 5.74) is -0.426. The number of aliphatic imine (C=N–C) groups is 1. The van der Waals surface area contributed by atoms with Gasteiger partial charge in [-0.2, -0.15) is 4.98 Å². The number of hydrogen-bond donors (Lipinski definition) is 3. The van der Waals surface area contributed by atoms with E-state index in [0.717, 1.165) is 0 Å². The molecule has 4 atom stereocenters. The summed E-state index contributed by atoms with van der Waals surface area (Å²) in [6.07, 6.45) is 1.26. The standard InChI is InChI=1S/C16H18N4O5/c1-7-13(23)10(5-21)25-16(7)20-4-8-9(24-2)3-11(22)19-14-12(8)15(20)18-6-17-14/h3-4,6-7,10,13,16,21,23H,5H2,1-2H3,(H,17,18,19,22)/t7-,10+,13-,16?/m0/s1. The Balaban J connectivity index is 1.96. The summed E-state index contributed by atoms with van der Waals surface area (Å²) in [5.74, 6) is 1.05. The van der Waals surface area contributed by atoms with E-state index in [4.69, 9.17) is 9.47 Å². The first kappa shape index (κ1) is 16.0. The Morgan fingerprint density at radius 3 is 2.96 bits per heavy atom. The third-order valence-corrected chi connectivity index (χ3v) is 4.73. The molecule has 0 spiro atoms. The van der Waals surface area contributed by atoms with Crippen LogP contribution in [0, 0.1) is 5.92 Å². The summed E-state index contributed by atoms with van der Waals surface area (Å²) in [4.78, 5) is 20.3. The van der Waals surface area contributed by atoms with Gasteiger partial charge in [-0.25, -0.2) is 4.99 Å². The lowest BCUT2D eigenvalue weighted by Crippen LogP contribution is -2.28. The molecule has 4 heterocycles. The summed E-state index contributed by atoms with van der Waals surface area (Å²) in [6, 6.07) is 1.32. The highest BCUT2D eigenvalue weighted by Gasteiger charge is 2.42. The maximum absolute atomic E-state index is 11.9. The molecule has 2 aliphatic rings. The highest BCUT2D eigenvalue weighted by atomic mass is 16.5. The SMILES string of the molecule is COc1cc(=O)nc2c3c(n(C4O[C@H](CO)[C@@H](O)[C@@H]4C)cc13)N=CN2. The average molecular weight is 346 g/mol. The molecule has 1 fully saturated rings. The summed E-state index contributed by atoms with van der Waals surface area (Å²) in [7, 11) is 1.48. The number of aliphatic hydroxyl groups excluding tert-OH is 2. The van der Waals surface area contributed by atoms with Crippen molar-refractivity contribution in [1.82, 2.24) is 9.55 Å². The average Bonchev–Trinajstić information content (AvgIpc) is 3.07. The lowest BCUT2D eigenvalue weighted by atomic mass is 10.0. The van der Waals surface area contributed by atoms with Gasteiger partial charge in [-0.3, -0.25) is 4.79 Å². The third-order valence-electron chi connectivity index (χ3n) is 4.73. The minimum atomic E-state index is -0.790. The summed E-state index contributed by atoms with van der Waals surface area (Å²) in [5, 5.41) is 23.8. The number of methoxy groups -OCH3 is 1. The van der Waals surface area contributed by atoms with Crippen molar-refractivity contribution in [2.45, 2.75) is 25.4 Å². The molecular weight excluding hydrogens is 328 g/mol. The summed E-state index contributed by atoms with van der Waals surface area (Å²) >= 11 is 0. The van der Waals surface area contributed by atoms with E-state index in [1.54, 1.807) is 10.8 Å². The van der Waals surface area contributed by atoms with E-state index in [-0.39, 0.29) is 12.5 Å². The van der Waals surface area contributed by atoms with Crippen LogP contribution in [0.15, 0.2) is 22.1 Å². The van der Waals surface area contributed by atoms with Gasteiger partial charge in [0.2, 0.25) is 0 Å². The lowest BCUT2D eigenvalue weighted by Gasteiger charge is -2.20. The van der Waals surface area contributed by atoms with Crippen LogP contribution in [0.5, 0.6) is 5.75 Å². The molecule has 1 saturated heterocycles. The van der Waals surface area contributed by atoms with Gasteiger partial charge < -0.3 is 29.6 Å². The zero-order chi connectivity index (χ0) is 17.7. The van der Waals surface area contributed by atoms with Crippen LogP contribution in [0.2, 0.25) is 0 Å². The first-order valence-corrected chi connectivity index (χ1v) is 7.92. The molecule has 2 aliphatic heterocycles. The molecule has 4 rings (SSSR count). The van der Waals surface area contributed by atoms with Crippen molar-refractivity contribution in [3.63, 3.8) is 0 Å². The Morgan fingerprint density at radius 1 is 1.48 bits per heavy atom. The molecule has 0 amide bonds. The normalized spacial score (nSPS) is 27.5. The van der Waals surface area contributed by atoms with Crippen molar-refractivity contribution in [3.8, 4) is 5.75 Å². The Bertz CT molecular complexity index is 925. The van der Waals surface area contributed by atoms with Crippen LogP contribution >= 0.6 is 0 Å². The largest absolute Gasteiger partial charge is 0.496 e. The molecule has 3 N–H and O–H groups in total. The molecule has 2 aromatic rings. The fourth-order valence-electron chi connectivity index (χ4n) is 3.44. The first-order valence-electron chi connectivity index (χ1n) is 7.92. The molecule has 0 aliphatic carbocycles. The van der Waals surface area contributed by atoms with Crippen molar-refractivity contribution in [1.29, 1.82) is 0 Å². The van der Waals surface area contributed by atoms with Gasteiger partial charge in [0.05, 0.1) is 31.5 Å². The number of nitrogens with one attached hydrogen (secondary N) is 1. The van der Waals surface area contributed by atoms with Crippen LogP contribution in [0.4, 0.5) is 11.6 Å². The fraction of sp³-hybridized carbons (Fsp3) is 0.438. The molecule has 1 unspecified atom stereocenters. The molecule has 25 heavy (non-hydrogen) atoms. The van der Waals surface area contributed by atoms with E-state index in [9.17, 15) is 15.0 Å². The van der Waals surface area contributed by atoms with Crippen molar-refractivity contribution >= 4 is 28.7 Å². The van der Waals surface area contributed by atoms with Gasteiger partial charge in [0.25, 0.3) is 5.56 Å². The predicted molar refractivity (Wildman–Crippen MR) is 90.5 cm³/mol.